The molecule has 1 spiro atoms. The van der Waals surface area contributed by atoms with E-state index in [1.54, 1.807) is 25.2 Å². The van der Waals surface area contributed by atoms with Gasteiger partial charge in [0.15, 0.2) is 22.8 Å². The summed E-state index contributed by atoms with van der Waals surface area (Å²) in [5.41, 5.74) is -2.02. The van der Waals surface area contributed by atoms with Crippen LogP contribution in [0.1, 0.15) is 103 Å². The Labute approximate surface area is 275 Å². The lowest BCUT2D eigenvalue weighted by molar-refractivity contribution is -0.171. The number of rotatable bonds is 9. The SMILES string of the molecule is CC(C)=CCC[C@]1(C)C=C(O)c2c(O)c3c(c(CC=C(C)C)c2O1)O[C@]12C(=CC4CC1C(C)(C)O[C@]2(C/C=C(/C)OC=O)C4=O)C3=O. The van der Waals surface area contributed by atoms with Gasteiger partial charge in [-0.25, -0.2) is 0 Å². The van der Waals surface area contributed by atoms with Crippen LogP contribution in [-0.4, -0.2) is 50.7 Å². The van der Waals surface area contributed by atoms with Gasteiger partial charge in [-0.1, -0.05) is 29.4 Å². The molecular weight excluding hydrogens is 600 g/mol. The molecule has 1 saturated heterocycles. The van der Waals surface area contributed by atoms with Gasteiger partial charge >= 0.3 is 0 Å². The van der Waals surface area contributed by atoms with Gasteiger partial charge in [-0.05, 0) is 87.1 Å². The van der Waals surface area contributed by atoms with Crippen LogP contribution in [0, 0.1) is 11.8 Å². The van der Waals surface area contributed by atoms with Crippen molar-refractivity contribution in [3.05, 3.63) is 69.5 Å². The molecule has 3 heterocycles. The highest BCUT2D eigenvalue weighted by molar-refractivity contribution is 6.19. The number of hydrogen-bond acceptors (Lipinski definition) is 9. The normalized spacial score (nSPS) is 30.9. The fourth-order valence-electron chi connectivity index (χ4n) is 8.34. The van der Waals surface area contributed by atoms with E-state index in [0.29, 0.717) is 31.3 Å². The standard InChI is InChI=1S/C38H44O9/c1-20(2)10-9-14-36(8)18-26(40)28-31(42)29-30(41)25-16-23-17-27-35(6,7)47-37(34(23)43,15-13-22(5)44-19-39)38(25,27)46-33(29)24(32(28)45-36)12-11-21(3)4/h10-11,13,16,18-19,23,27,40,42H,9,12,14-15,17H2,1-8H3/b22-13-/t23?,27?,36-,37-,38-/m1/s1. The molecule has 0 radical (unpaired) electrons. The number of hydrogen-bond donors (Lipinski definition) is 2. The number of carbonyl (C=O) groups excluding carboxylic acids is 3. The number of aliphatic hydroxyl groups is 1. The third-order valence-corrected chi connectivity index (χ3v) is 10.4. The Morgan fingerprint density at radius 1 is 0.979 bits per heavy atom. The smallest absolute Gasteiger partial charge is 0.298 e. The third kappa shape index (κ3) is 4.72. The van der Waals surface area contributed by atoms with Crippen LogP contribution in [0.2, 0.25) is 0 Å². The molecule has 1 aromatic carbocycles. The van der Waals surface area contributed by atoms with Crippen LogP contribution in [0.25, 0.3) is 5.76 Å². The van der Waals surface area contributed by atoms with Crippen LogP contribution >= 0.6 is 0 Å². The van der Waals surface area contributed by atoms with E-state index in [0.717, 1.165) is 11.1 Å². The lowest BCUT2D eigenvalue weighted by atomic mass is 9.51. The Hall–Kier alpha value is -4.11. The zero-order valence-corrected chi connectivity index (χ0v) is 28.4. The summed E-state index contributed by atoms with van der Waals surface area (Å²) in [7, 11) is 0. The predicted molar refractivity (Wildman–Crippen MR) is 175 cm³/mol. The topological polar surface area (TPSA) is 129 Å². The second-order valence-electron chi connectivity index (χ2n) is 14.8. The Balaban J connectivity index is 1.60. The maximum Gasteiger partial charge on any atom is 0.298 e. The summed E-state index contributed by atoms with van der Waals surface area (Å²) in [5.74, 6) is -1.63. The number of phenolic OH excluding ortho intramolecular Hbond substituents is 1. The number of ketones is 2. The minimum atomic E-state index is -1.60. The molecule has 0 aromatic heterocycles. The van der Waals surface area contributed by atoms with Crippen LogP contribution in [0.15, 0.2) is 52.9 Å². The van der Waals surface area contributed by atoms with Crippen molar-refractivity contribution in [1.29, 1.82) is 0 Å². The zero-order valence-electron chi connectivity index (χ0n) is 28.4. The quantitative estimate of drug-likeness (QED) is 0.163. The number of ether oxygens (including phenoxy) is 4. The molecule has 5 atom stereocenters. The molecule has 47 heavy (non-hydrogen) atoms. The van der Waals surface area contributed by atoms with Crippen molar-refractivity contribution in [2.75, 3.05) is 0 Å². The minimum Gasteiger partial charge on any atom is -0.507 e. The summed E-state index contributed by atoms with van der Waals surface area (Å²) < 4.78 is 25.6. The number of aliphatic hydroxyl groups excluding tert-OH is 1. The molecule has 1 saturated carbocycles. The fourth-order valence-corrected chi connectivity index (χ4v) is 8.34. The van der Waals surface area contributed by atoms with E-state index in [4.69, 9.17) is 18.9 Å². The summed E-state index contributed by atoms with van der Waals surface area (Å²) in [6.45, 7) is 15.6. The van der Waals surface area contributed by atoms with Crippen LogP contribution < -0.4 is 9.47 Å². The van der Waals surface area contributed by atoms with Crippen molar-refractivity contribution in [2.24, 2.45) is 11.8 Å². The minimum absolute atomic E-state index is 0.00454. The molecule has 3 aliphatic heterocycles. The Morgan fingerprint density at radius 3 is 2.32 bits per heavy atom. The van der Waals surface area contributed by atoms with Gasteiger partial charge in [0, 0.05) is 35.5 Å². The molecule has 250 valence electrons. The molecule has 1 aromatic rings. The van der Waals surface area contributed by atoms with E-state index < -0.39 is 45.8 Å². The fraction of sp³-hybridized carbons (Fsp3) is 0.500. The summed E-state index contributed by atoms with van der Waals surface area (Å²) >= 11 is 0. The van der Waals surface area contributed by atoms with E-state index >= 15 is 0 Å². The highest BCUT2D eigenvalue weighted by atomic mass is 16.6. The van der Waals surface area contributed by atoms with Crippen LogP contribution in [0.4, 0.5) is 0 Å². The molecule has 6 aliphatic rings. The first-order chi connectivity index (χ1) is 22.0. The summed E-state index contributed by atoms with van der Waals surface area (Å²) in [6, 6.07) is 0. The number of benzene rings is 1. The average molecular weight is 645 g/mol. The third-order valence-electron chi connectivity index (χ3n) is 10.4. The largest absolute Gasteiger partial charge is 0.507 e. The Kier molecular flexibility index (Phi) is 7.66. The number of carbonyl (C=O) groups is 3. The number of phenols is 1. The van der Waals surface area contributed by atoms with Gasteiger partial charge in [0.1, 0.15) is 45.5 Å². The highest BCUT2D eigenvalue weighted by Gasteiger charge is 2.81. The Bertz CT molecular complexity index is 1750. The van der Waals surface area contributed by atoms with E-state index in [9.17, 15) is 24.6 Å². The van der Waals surface area contributed by atoms with E-state index in [-0.39, 0.29) is 58.3 Å². The van der Waals surface area contributed by atoms with Gasteiger partial charge in [0.25, 0.3) is 6.47 Å². The first kappa shape index (κ1) is 32.8. The predicted octanol–water partition coefficient (Wildman–Crippen LogP) is 7.17. The summed E-state index contributed by atoms with van der Waals surface area (Å²) in [6.07, 6.45) is 10.9. The molecule has 2 fully saturated rings. The monoisotopic (exact) mass is 644 g/mol. The first-order valence-corrected chi connectivity index (χ1v) is 16.3. The van der Waals surface area contributed by atoms with Crippen molar-refractivity contribution >= 4 is 23.8 Å². The second kappa shape index (κ2) is 11.0. The molecular formula is C38H44O9. The average Bonchev–Trinajstić information content (AvgIpc) is 3.12. The van der Waals surface area contributed by atoms with Gasteiger partial charge < -0.3 is 29.2 Å². The maximum absolute atomic E-state index is 14.8. The molecule has 2 unspecified atom stereocenters. The van der Waals surface area contributed by atoms with E-state index in [1.165, 1.54) is 0 Å². The molecule has 9 nitrogen and oxygen atoms in total. The number of allylic oxidation sites excluding steroid dienone is 6. The molecule has 9 heteroatoms. The summed E-state index contributed by atoms with van der Waals surface area (Å²) in [4.78, 5) is 40.2. The molecule has 3 aliphatic carbocycles. The van der Waals surface area contributed by atoms with E-state index in [1.807, 2.05) is 54.5 Å². The lowest BCUT2D eigenvalue weighted by Crippen LogP contribution is -2.72. The lowest BCUT2D eigenvalue weighted by Gasteiger charge is -2.56. The van der Waals surface area contributed by atoms with Crippen LogP contribution in [0.3, 0.4) is 0 Å². The zero-order chi connectivity index (χ0) is 34.3. The molecule has 2 N–H and O–H groups in total. The van der Waals surface area contributed by atoms with Gasteiger partial charge in [0.2, 0.25) is 0 Å². The van der Waals surface area contributed by atoms with Crippen LogP contribution in [0.5, 0.6) is 17.2 Å². The number of aromatic hydroxyl groups is 1. The van der Waals surface area contributed by atoms with Crippen molar-refractivity contribution in [1.82, 2.24) is 0 Å². The van der Waals surface area contributed by atoms with Gasteiger partial charge in [-0.2, -0.15) is 0 Å². The maximum atomic E-state index is 14.8. The van der Waals surface area contributed by atoms with Crippen LogP contribution in [-0.2, 0) is 25.5 Å². The van der Waals surface area contributed by atoms with Gasteiger partial charge in [0.05, 0.1) is 5.60 Å². The number of Topliss-reactive ketones (excluding diaryl/α,β-unsaturated/α-hetero) is 2. The van der Waals surface area contributed by atoms with Crippen molar-refractivity contribution < 1.29 is 43.5 Å². The van der Waals surface area contributed by atoms with Crippen molar-refractivity contribution in [2.45, 2.75) is 110 Å². The molecule has 0 amide bonds. The van der Waals surface area contributed by atoms with E-state index in [2.05, 4.69) is 6.08 Å². The van der Waals surface area contributed by atoms with Crippen molar-refractivity contribution in [3.8, 4) is 17.2 Å². The second-order valence-corrected chi connectivity index (χ2v) is 14.8. The number of fused-ring (bicyclic) bond motifs is 2. The van der Waals surface area contributed by atoms with Gasteiger partial charge in [-0.3, -0.25) is 14.4 Å². The molecule has 7 rings (SSSR count). The highest BCUT2D eigenvalue weighted by Crippen LogP contribution is 2.68. The summed E-state index contributed by atoms with van der Waals surface area (Å²) in [5, 5.41) is 23.2. The molecule has 4 bridgehead atoms. The first-order valence-electron chi connectivity index (χ1n) is 16.3. The van der Waals surface area contributed by atoms with Crippen molar-refractivity contribution in [3.63, 3.8) is 0 Å². The van der Waals surface area contributed by atoms with Gasteiger partial charge in [-0.15, -0.1) is 0 Å². The Morgan fingerprint density at radius 2 is 1.66 bits per heavy atom.